The van der Waals surface area contributed by atoms with Crippen LogP contribution in [0.25, 0.3) is 10.9 Å². The number of aromatic amines is 1. The third-order valence-corrected chi connectivity index (χ3v) is 4.35. The van der Waals surface area contributed by atoms with Gasteiger partial charge in [-0.25, -0.2) is 0 Å². The third kappa shape index (κ3) is 3.08. The van der Waals surface area contributed by atoms with Gasteiger partial charge < -0.3 is 10.4 Å². The first-order valence-corrected chi connectivity index (χ1v) is 7.49. The molecule has 1 aliphatic rings. The predicted molar refractivity (Wildman–Crippen MR) is 81.0 cm³/mol. The van der Waals surface area contributed by atoms with Gasteiger partial charge in [-0.2, -0.15) is 5.10 Å². The summed E-state index contributed by atoms with van der Waals surface area (Å²) in [5, 5.41) is 21.2. The Labute approximate surface area is 123 Å². The van der Waals surface area contributed by atoms with Gasteiger partial charge in [0.2, 0.25) is 0 Å². The highest BCUT2D eigenvalue weighted by Crippen LogP contribution is 2.31. The zero-order chi connectivity index (χ0) is 14.9. The van der Waals surface area contributed by atoms with E-state index < -0.39 is 5.60 Å². The molecule has 2 aromatic rings. The van der Waals surface area contributed by atoms with Crippen LogP contribution >= 0.6 is 0 Å². The minimum Gasteiger partial charge on any atom is -0.388 e. The molecule has 21 heavy (non-hydrogen) atoms. The van der Waals surface area contributed by atoms with Crippen molar-refractivity contribution in [1.82, 2.24) is 15.5 Å². The summed E-state index contributed by atoms with van der Waals surface area (Å²) in [5.41, 5.74) is 0.665. The molecular formula is C16H21N3O2. The zero-order valence-electron chi connectivity index (χ0n) is 12.2. The zero-order valence-corrected chi connectivity index (χ0v) is 12.2. The fourth-order valence-corrected chi connectivity index (χ4v) is 3.22. The van der Waals surface area contributed by atoms with Crippen LogP contribution in [0.5, 0.6) is 0 Å². The quantitative estimate of drug-likeness (QED) is 0.810. The topological polar surface area (TPSA) is 78.0 Å². The maximum Gasteiger partial charge on any atom is 0.251 e. The molecule has 0 bridgehead atoms. The summed E-state index contributed by atoms with van der Waals surface area (Å²) in [4.78, 5) is 12.2. The molecule has 0 radical (unpaired) electrons. The van der Waals surface area contributed by atoms with Crippen molar-refractivity contribution in [2.24, 2.45) is 5.92 Å². The van der Waals surface area contributed by atoms with E-state index in [0.29, 0.717) is 18.0 Å². The molecule has 1 saturated carbocycles. The van der Waals surface area contributed by atoms with Gasteiger partial charge in [0.15, 0.2) is 0 Å². The molecule has 3 rings (SSSR count). The van der Waals surface area contributed by atoms with Gasteiger partial charge in [0.05, 0.1) is 17.3 Å². The van der Waals surface area contributed by atoms with Crippen molar-refractivity contribution < 1.29 is 9.90 Å². The summed E-state index contributed by atoms with van der Waals surface area (Å²) >= 11 is 0. The molecule has 1 aromatic carbocycles. The van der Waals surface area contributed by atoms with Gasteiger partial charge in [-0.3, -0.25) is 9.89 Å². The Morgan fingerprint density at radius 3 is 3.24 bits per heavy atom. The Hall–Kier alpha value is -1.88. The number of benzene rings is 1. The largest absolute Gasteiger partial charge is 0.388 e. The van der Waals surface area contributed by atoms with Gasteiger partial charge >= 0.3 is 0 Å². The first-order chi connectivity index (χ1) is 10.1. The number of carbonyl (C=O) groups excluding carboxylic acids is 1. The molecule has 0 spiro atoms. The molecule has 5 nitrogen and oxygen atoms in total. The Morgan fingerprint density at radius 2 is 2.43 bits per heavy atom. The molecule has 1 aliphatic carbocycles. The highest BCUT2D eigenvalue weighted by atomic mass is 16.3. The predicted octanol–water partition coefficient (Wildman–Crippen LogP) is 2.23. The van der Waals surface area contributed by atoms with E-state index in [2.05, 4.69) is 22.4 Å². The number of carbonyl (C=O) groups is 1. The summed E-state index contributed by atoms with van der Waals surface area (Å²) < 4.78 is 0. The first-order valence-electron chi connectivity index (χ1n) is 7.49. The number of fused-ring (bicyclic) bond motifs is 1. The van der Waals surface area contributed by atoms with E-state index in [4.69, 9.17) is 0 Å². The lowest BCUT2D eigenvalue weighted by atomic mass is 9.79. The van der Waals surface area contributed by atoms with Crippen molar-refractivity contribution in [3.63, 3.8) is 0 Å². The van der Waals surface area contributed by atoms with Crippen LogP contribution in [0.2, 0.25) is 0 Å². The number of hydrogen-bond donors (Lipinski definition) is 3. The highest BCUT2D eigenvalue weighted by molar-refractivity contribution is 5.97. The smallest absolute Gasteiger partial charge is 0.251 e. The van der Waals surface area contributed by atoms with E-state index >= 15 is 0 Å². The molecule has 3 N–H and O–H groups in total. The maximum atomic E-state index is 12.2. The van der Waals surface area contributed by atoms with E-state index in [-0.39, 0.29) is 5.91 Å². The lowest BCUT2D eigenvalue weighted by molar-refractivity contribution is -0.0109. The molecule has 112 valence electrons. The summed E-state index contributed by atoms with van der Waals surface area (Å²) in [5.74, 6) is 0.361. The van der Waals surface area contributed by atoms with E-state index in [1.54, 1.807) is 18.3 Å². The fraction of sp³-hybridized carbons (Fsp3) is 0.500. The molecule has 1 fully saturated rings. The van der Waals surface area contributed by atoms with Gasteiger partial charge in [0, 0.05) is 17.5 Å². The van der Waals surface area contributed by atoms with Crippen LogP contribution in [-0.4, -0.2) is 33.4 Å². The monoisotopic (exact) mass is 287 g/mol. The minimum atomic E-state index is -0.759. The third-order valence-electron chi connectivity index (χ3n) is 4.35. The molecule has 5 heteroatoms. The van der Waals surface area contributed by atoms with Crippen LogP contribution in [0.1, 0.15) is 43.0 Å². The van der Waals surface area contributed by atoms with Crippen LogP contribution in [0.3, 0.4) is 0 Å². The van der Waals surface area contributed by atoms with Crippen molar-refractivity contribution in [1.29, 1.82) is 0 Å². The lowest BCUT2D eigenvalue weighted by Crippen LogP contribution is -2.45. The van der Waals surface area contributed by atoms with Crippen LogP contribution in [0, 0.1) is 5.92 Å². The van der Waals surface area contributed by atoms with Crippen molar-refractivity contribution in [3.05, 3.63) is 30.0 Å². The second-order valence-corrected chi connectivity index (χ2v) is 6.28. The van der Waals surface area contributed by atoms with E-state index in [9.17, 15) is 9.90 Å². The number of H-pyrrole nitrogens is 1. The Bertz CT molecular complexity index is 652. The number of nitrogens with one attached hydrogen (secondary N) is 2. The molecule has 1 heterocycles. The number of nitrogens with zero attached hydrogens (tertiary/aromatic N) is 1. The Kier molecular flexibility index (Phi) is 3.68. The van der Waals surface area contributed by atoms with Crippen molar-refractivity contribution in [3.8, 4) is 0 Å². The van der Waals surface area contributed by atoms with Crippen molar-refractivity contribution in [2.75, 3.05) is 6.54 Å². The number of aliphatic hydroxyl groups is 1. The number of hydrogen-bond acceptors (Lipinski definition) is 3. The average Bonchev–Trinajstić information content (AvgIpc) is 2.92. The molecule has 2 unspecified atom stereocenters. The standard InChI is InChI=1S/C16H21N3O2/c1-11-3-2-6-16(21,8-11)10-17-15(20)12-4-5-13-9-18-19-14(13)7-12/h4-5,7,9,11,21H,2-3,6,8,10H2,1H3,(H,17,20)(H,18,19). The molecular weight excluding hydrogens is 266 g/mol. The van der Waals surface area contributed by atoms with E-state index in [0.717, 1.165) is 36.6 Å². The van der Waals surface area contributed by atoms with Crippen LogP contribution in [0.15, 0.2) is 24.4 Å². The number of amides is 1. The first kappa shape index (κ1) is 14.1. The maximum absolute atomic E-state index is 12.2. The van der Waals surface area contributed by atoms with Gasteiger partial charge in [-0.05, 0) is 30.9 Å². The normalized spacial score (nSPS) is 25.9. The fourth-order valence-electron chi connectivity index (χ4n) is 3.22. The van der Waals surface area contributed by atoms with Gasteiger partial charge in [0.1, 0.15) is 0 Å². The number of aromatic nitrogens is 2. The van der Waals surface area contributed by atoms with Crippen molar-refractivity contribution >= 4 is 16.8 Å². The van der Waals surface area contributed by atoms with E-state index in [1.165, 1.54) is 0 Å². The van der Waals surface area contributed by atoms with Crippen LogP contribution < -0.4 is 5.32 Å². The Morgan fingerprint density at radius 1 is 1.57 bits per heavy atom. The number of rotatable bonds is 3. The summed E-state index contributed by atoms with van der Waals surface area (Å²) in [6.07, 6.45) is 5.42. The molecule has 1 amide bonds. The molecule has 0 saturated heterocycles. The van der Waals surface area contributed by atoms with Gasteiger partial charge in [-0.1, -0.05) is 25.8 Å². The van der Waals surface area contributed by atoms with Crippen LogP contribution in [0.4, 0.5) is 0 Å². The van der Waals surface area contributed by atoms with Crippen LogP contribution in [-0.2, 0) is 0 Å². The highest BCUT2D eigenvalue weighted by Gasteiger charge is 2.32. The second kappa shape index (κ2) is 5.48. The van der Waals surface area contributed by atoms with Gasteiger partial charge in [-0.15, -0.1) is 0 Å². The average molecular weight is 287 g/mol. The van der Waals surface area contributed by atoms with E-state index in [1.807, 2.05) is 6.07 Å². The molecule has 0 aliphatic heterocycles. The minimum absolute atomic E-state index is 0.154. The lowest BCUT2D eigenvalue weighted by Gasteiger charge is -2.35. The molecule has 2 atom stereocenters. The second-order valence-electron chi connectivity index (χ2n) is 6.28. The SMILES string of the molecule is CC1CCCC(O)(CNC(=O)c2ccc3cn[nH]c3c2)C1. The van der Waals surface area contributed by atoms with Gasteiger partial charge in [0.25, 0.3) is 5.91 Å². The summed E-state index contributed by atoms with van der Waals surface area (Å²) in [7, 11) is 0. The summed E-state index contributed by atoms with van der Waals surface area (Å²) in [6, 6.07) is 5.43. The molecule has 1 aromatic heterocycles. The summed E-state index contributed by atoms with van der Waals surface area (Å²) in [6.45, 7) is 2.47. The van der Waals surface area contributed by atoms with Crippen molar-refractivity contribution in [2.45, 2.75) is 38.2 Å². The Balaban J connectivity index is 1.65.